The van der Waals surface area contributed by atoms with Gasteiger partial charge in [0, 0.05) is 13.7 Å². The molecule has 0 saturated carbocycles. The van der Waals surface area contributed by atoms with Gasteiger partial charge in [-0.05, 0) is 27.2 Å². The van der Waals surface area contributed by atoms with Crippen LogP contribution < -0.4 is 0 Å². The monoisotopic (exact) mass is 225 g/mol. The van der Waals surface area contributed by atoms with Crippen molar-refractivity contribution in [3.8, 4) is 0 Å². The van der Waals surface area contributed by atoms with Crippen LogP contribution in [0.25, 0.3) is 0 Å². The van der Waals surface area contributed by atoms with Gasteiger partial charge in [-0.25, -0.2) is 4.79 Å². The van der Waals surface area contributed by atoms with E-state index in [2.05, 4.69) is 0 Å². The maximum atomic E-state index is 12.0. The Hall–Kier alpha value is -1.03. The summed E-state index contributed by atoms with van der Waals surface area (Å²) in [5, 5.41) is 0. The molecular weight excluding hydrogens is 206 g/mol. The van der Waals surface area contributed by atoms with Crippen molar-refractivity contribution in [3.63, 3.8) is 0 Å². The number of rotatable bonds is 1. The Balaban J connectivity index is 2.04. The van der Waals surface area contributed by atoms with Gasteiger partial charge in [0.15, 0.2) is 0 Å². The lowest BCUT2D eigenvalue weighted by molar-refractivity contribution is 0.0101. The zero-order valence-corrected chi connectivity index (χ0v) is 10.3. The number of amides is 1. The summed E-state index contributed by atoms with van der Waals surface area (Å²) in [4.78, 5) is 13.7. The molecule has 1 atom stereocenters. The first-order chi connectivity index (χ1) is 7.39. The number of hydrogen-bond donors (Lipinski definition) is 0. The smallest absolute Gasteiger partial charge is 0.411 e. The van der Waals surface area contributed by atoms with Crippen molar-refractivity contribution in [2.24, 2.45) is 0 Å². The molecule has 2 rings (SSSR count). The van der Waals surface area contributed by atoms with E-state index in [0.717, 1.165) is 6.42 Å². The summed E-state index contributed by atoms with van der Waals surface area (Å²) in [6.45, 7) is 6.33. The van der Waals surface area contributed by atoms with Crippen LogP contribution in [-0.2, 0) is 9.47 Å². The predicted octanol–water partition coefficient (Wildman–Crippen LogP) is 1.95. The molecule has 0 N–H and O–H groups in total. The zero-order valence-electron chi connectivity index (χ0n) is 10.3. The lowest BCUT2D eigenvalue weighted by Crippen LogP contribution is -2.45. The second-order valence-electron chi connectivity index (χ2n) is 5.37. The molecule has 1 spiro atoms. The fraction of sp³-hybridized carbons (Fsp3) is 0.750. The summed E-state index contributed by atoms with van der Waals surface area (Å²) >= 11 is 0. The van der Waals surface area contributed by atoms with Crippen molar-refractivity contribution in [1.82, 2.24) is 4.90 Å². The van der Waals surface area contributed by atoms with Gasteiger partial charge >= 0.3 is 6.09 Å². The molecule has 0 aromatic rings. The lowest BCUT2D eigenvalue weighted by atomic mass is 10.1. The van der Waals surface area contributed by atoms with Crippen molar-refractivity contribution in [2.75, 3.05) is 13.7 Å². The van der Waals surface area contributed by atoms with Gasteiger partial charge in [-0.3, -0.25) is 4.90 Å². The first-order valence-corrected chi connectivity index (χ1v) is 5.63. The minimum absolute atomic E-state index is 0.0834. The van der Waals surface area contributed by atoms with Crippen LogP contribution in [0.4, 0.5) is 4.79 Å². The molecule has 1 heterocycles. The molecule has 1 amide bonds. The number of nitrogens with zero attached hydrogens (tertiary/aromatic N) is 1. The molecule has 0 radical (unpaired) electrons. The molecule has 2 aliphatic rings. The molecule has 1 aliphatic carbocycles. The van der Waals surface area contributed by atoms with Crippen LogP contribution in [0.3, 0.4) is 0 Å². The normalized spacial score (nSPS) is 26.2. The molecule has 0 aromatic heterocycles. The number of hydrogen-bond acceptors (Lipinski definition) is 3. The Labute approximate surface area is 96.2 Å². The van der Waals surface area contributed by atoms with Gasteiger partial charge < -0.3 is 9.47 Å². The van der Waals surface area contributed by atoms with E-state index < -0.39 is 5.60 Å². The topological polar surface area (TPSA) is 38.8 Å². The highest BCUT2D eigenvalue weighted by Gasteiger charge is 2.55. The first kappa shape index (κ1) is 11.5. The van der Waals surface area contributed by atoms with Gasteiger partial charge in [0.2, 0.25) is 0 Å². The third-order valence-corrected chi connectivity index (χ3v) is 3.00. The summed E-state index contributed by atoms with van der Waals surface area (Å²) < 4.78 is 10.8. The Bertz CT molecular complexity index is 324. The lowest BCUT2D eigenvalue weighted by Gasteiger charge is -2.30. The van der Waals surface area contributed by atoms with Crippen LogP contribution >= 0.6 is 0 Å². The van der Waals surface area contributed by atoms with Crippen LogP contribution in [-0.4, -0.2) is 41.9 Å². The fourth-order valence-corrected chi connectivity index (χ4v) is 2.20. The van der Waals surface area contributed by atoms with Crippen molar-refractivity contribution in [2.45, 2.75) is 44.4 Å². The Morgan fingerprint density at radius 2 is 2.06 bits per heavy atom. The average molecular weight is 225 g/mol. The van der Waals surface area contributed by atoms with Crippen LogP contribution in [0.15, 0.2) is 12.2 Å². The third-order valence-electron chi connectivity index (χ3n) is 3.00. The molecule has 0 unspecified atom stereocenters. The maximum absolute atomic E-state index is 12.0. The molecule has 0 aromatic carbocycles. The van der Waals surface area contributed by atoms with Crippen LogP contribution in [0.5, 0.6) is 0 Å². The largest absolute Gasteiger partial charge is 0.444 e. The summed E-state index contributed by atoms with van der Waals surface area (Å²) in [6, 6.07) is 0. The number of methoxy groups -OCH3 is 1. The van der Waals surface area contributed by atoms with Crippen molar-refractivity contribution in [3.05, 3.63) is 12.2 Å². The minimum Gasteiger partial charge on any atom is -0.444 e. The Morgan fingerprint density at radius 1 is 1.44 bits per heavy atom. The summed E-state index contributed by atoms with van der Waals surface area (Å²) in [5.74, 6) is 0. The summed E-state index contributed by atoms with van der Waals surface area (Å²) in [7, 11) is 1.69. The minimum atomic E-state index is -0.446. The van der Waals surface area contributed by atoms with E-state index in [9.17, 15) is 4.79 Å². The van der Waals surface area contributed by atoms with Gasteiger partial charge in [0.05, 0.1) is 6.10 Å². The molecule has 16 heavy (non-hydrogen) atoms. The van der Waals surface area contributed by atoms with E-state index in [-0.39, 0.29) is 17.7 Å². The number of likely N-dealkylation sites (tertiary alicyclic amines) is 1. The van der Waals surface area contributed by atoms with E-state index in [0.29, 0.717) is 6.54 Å². The predicted molar refractivity (Wildman–Crippen MR) is 60.2 cm³/mol. The molecule has 0 bridgehead atoms. The van der Waals surface area contributed by atoms with E-state index in [1.165, 1.54) is 0 Å². The van der Waals surface area contributed by atoms with E-state index in [1.807, 2.05) is 32.9 Å². The highest BCUT2D eigenvalue weighted by Crippen LogP contribution is 2.43. The molecule has 1 aliphatic heterocycles. The van der Waals surface area contributed by atoms with Crippen molar-refractivity contribution in [1.29, 1.82) is 0 Å². The highest BCUT2D eigenvalue weighted by molar-refractivity contribution is 5.73. The first-order valence-electron chi connectivity index (χ1n) is 5.63. The Kier molecular flexibility index (Phi) is 2.49. The van der Waals surface area contributed by atoms with E-state index in [4.69, 9.17) is 9.47 Å². The Morgan fingerprint density at radius 3 is 2.50 bits per heavy atom. The number of carbonyl (C=O) groups excluding carboxylic acids is 1. The van der Waals surface area contributed by atoms with Gasteiger partial charge in [-0.2, -0.15) is 0 Å². The van der Waals surface area contributed by atoms with Crippen LogP contribution in [0.1, 0.15) is 27.2 Å². The second-order valence-corrected chi connectivity index (χ2v) is 5.37. The summed E-state index contributed by atoms with van der Waals surface area (Å²) in [5.41, 5.74) is -0.741. The molecule has 4 nitrogen and oxygen atoms in total. The van der Waals surface area contributed by atoms with Crippen molar-refractivity contribution < 1.29 is 14.3 Å². The van der Waals surface area contributed by atoms with E-state index >= 15 is 0 Å². The molecular formula is C12H19NO3. The van der Waals surface area contributed by atoms with Gasteiger partial charge in [0.25, 0.3) is 0 Å². The average Bonchev–Trinajstić information content (AvgIpc) is 2.78. The van der Waals surface area contributed by atoms with Gasteiger partial charge in [0.1, 0.15) is 11.1 Å². The zero-order chi connectivity index (χ0) is 12.0. The highest BCUT2D eigenvalue weighted by atomic mass is 16.6. The van der Waals surface area contributed by atoms with Gasteiger partial charge in [-0.1, -0.05) is 12.2 Å². The second kappa shape index (κ2) is 3.48. The molecule has 4 heteroatoms. The molecule has 1 fully saturated rings. The summed E-state index contributed by atoms with van der Waals surface area (Å²) in [6.07, 6.45) is 4.72. The quantitative estimate of drug-likeness (QED) is 0.640. The van der Waals surface area contributed by atoms with Crippen LogP contribution in [0, 0.1) is 0 Å². The number of carbonyl (C=O) groups is 1. The SMILES string of the molecule is CO[C@H]1CCN(C(=O)OC(C)(C)C)C12C=C2. The standard InChI is InChI=1S/C12H19NO3/c1-11(2,3)16-10(14)13-8-5-9(15-4)12(13)6-7-12/h6-7,9H,5,8H2,1-4H3/t9-/m0/s1. The molecule has 90 valence electrons. The molecule has 1 saturated heterocycles. The number of ether oxygens (including phenoxy) is 2. The maximum Gasteiger partial charge on any atom is 0.411 e. The van der Waals surface area contributed by atoms with Crippen LogP contribution in [0.2, 0.25) is 0 Å². The van der Waals surface area contributed by atoms with Gasteiger partial charge in [-0.15, -0.1) is 0 Å². The third kappa shape index (κ3) is 1.82. The van der Waals surface area contributed by atoms with Crippen molar-refractivity contribution >= 4 is 6.09 Å². The van der Waals surface area contributed by atoms with E-state index in [1.54, 1.807) is 12.0 Å². The fourth-order valence-electron chi connectivity index (χ4n) is 2.20.